The van der Waals surface area contributed by atoms with E-state index < -0.39 is 0 Å². The van der Waals surface area contributed by atoms with Gasteiger partial charge in [0.05, 0.1) is 21.3 Å². The summed E-state index contributed by atoms with van der Waals surface area (Å²) in [7, 11) is 0. The Balaban J connectivity index is 1.53. The van der Waals surface area contributed by atoms with E-state index in [0.717, 1.165) is 32.6 Å². The average molecular weight is 441 g/mol. The van der Waals surface area contributed by atoms with E-state index in [-0.39, 0.29) is 0 Å². The van der Waals surface area contributed by atoms with Gasteiger partial charge in [-0.3, -0.25) is 4.57 Å². The molecule has 0 bridgehead atoms. The third-order valence-corrected chi connectivity index (χ3v) is 7.71. The van der Waals surface area contributed by atoms with Gasteiger partial charge in [0.15, 0.2) is 5.13 Å². The Bertz CT molecular complexity index is 2040. The zero-order chi connectivity index (χ0) is 21.5. The minimum absolute atomic E-state index is 0.909. The van der Waals surface area contributed by atoms with E-state index in [0.29, 0.717) is 0 Å². The summed E-state index contributed by atoms with van der Waals surface area (Å²) in [5, 5.41) is 8.33. The Labute approximate surface area is 192 Å². The van der Waals surface area contributed by atoms with E-state index in [2.05, 4.69) is 83.4 Å². The number of fused-ring (bicyclic) bond motifs is 10. The first-order chi connectivity index (χ1) is 16.4. The molecule has 0 aliphatic carbocycles. The maximum atomic E-state index is 6.12. The van der Waals surface area contributed by atoms with Crippen molar-refractivity contribution in [2.45, 2.75) is 0 Å². The summed E-state index contributed by atoms with van der Waals surface area (Å²) in [6, 6.07) is 34.0. The van der Waals surface area contributed by atoms with Crippen LogP contribution < -0.4 is 0 Å². The number of hydrogen-bond donors (Lipinski definition) is 0. The first-order valence-corrected chi connectivity index (χ1v) is 11.8. The molecule has 0 unspecified atom stereocenters. The zero-order valence-corrected chi connectivity index (χ0v) is 18.3. The molecular weight excluding hydrogens is 424 g/mol. The van der Waals surface area contributed by atoms with E-state index in [1.165, 1.54) is 37.3 Å². The second-order valence-corrected chi connectivity index (χ2v) is 9.39. The molecule has 0 saturated heterocycles. The number of rotatable bonds is 1. The van der Waals surface area contributed by atoms with Crippen LogP contribution in [0.1, 0.15) is 0 Å². The van der Waals surface area contributed by atoms with Crippen molar-refractivity contribution in [3.63, 3.8) is 0 Å². The lowest BCUT2D eigenvalue weighted by atomic mass is 10.0. The van der Waals surface area contributed by atoms with Gasteiger partial charge in [-0.2, -0.15) is 0 Å². The Hall–Kier alpha value is -4.15. The third kappa shape index (κ3) is 2.25. The van der Waals surface area contributed by atoms with E-state index in [1.54, 1.807) is 11.3 Å². The van der Waals surface area contributed by atoms with Crippen LogP contribution in [0.25, 0.3) is 69.9 Å². The largest absolute Gasteiger partial charge is 0.456 e. The minimum Gasteiger partial charge on any atom is -0.456 e. The van der Waals surface area contributed by atoms with Crippen LogP contribution in [0.2, 0.25) is 0 Å². The maximum Gasteiger partial charge on any atom is 0.195 e. The Morgan fingerprint density at radius 1 is 0.606 bits per heavy atom. The van der Waals surface area contributed by atoms with Gasteiger partial charge in [-0.1, -0.05) is 78.1 Å². The molecule has 0 aliphatic heterocycles. The van der Waals surface area contributed by atoms with Gasteiger partial charge in [0.2, 0.25) is 0 Å². The van der Waals surface area contributed by atoms with Crippen molar-refractivity contribution in [3.05, 3.63) is 97.1 Å². The van der Waals surface area contributed by atoms with E-state index >= 15 is 0 Å². The Morgan fingerprint density at radius 3 is 2.33 bits per heavy atom. The van der Waals surface area contributed by atoms with Gasteiger partial charge in [0.1, 0.15) is 11.2 Å². The highest BCUT2D eigenvalue weighted by atomic mass is 32.1. The molecule has 8 aromatic rings. The molecule has 0 radical (unpaired) electrons. The summed E-state index contributed by atoms with van der Waals surface area (Å²) in [4.78, 5) is 5.11. The highest BCUT2D eigenvalue weighted by Crippen LogP contribution is 2.41. The Morgan fingerprint density at radius 2 is 1.39 bits per heavy atom. The number of aromatic nitrogens is 2. The second-order valence-electron chi connectivity index (χ2n) is 8.41. The predicted octanol–water partition coefficient (Wildman–Crippen LogP) is 8.45. The van der Waals surface area contributed by atoms with Gasteiger partial charge in [-0.05, 0) is 41.1 Å². The molecule has 5 aromatic carbocycles. The fourth-order valence-corrected chi connectivity index (χ4v) is 6.37. The van der Waals surface area contributed by atoms with Crippen LogP contribution in [0.4, 0.5) is 0 Å². The standard InChI is InChI=1S/C29H16N2OS/c1-2-8-18-17(7-1)13-15-23-26(18)19-9-3-5-11-22(19)31(23)29-30-21-14-16-25-27(28(21)33-29)20-10-4-6-12-24(20)32-25/h1-16H. The molecule has 0 atom stereocenters. The molecule has 154 valence electrons. The maximum absolute atomic E-state index is 6.12. The Kier molecular flexibility index (Phi) is 3.28. The fourth-order valence-electron chi connectivity index (χ4n) is 5.22. The smallest absolute Gasteiger partial charge is 0.195 e. The number of thiazole rings is 1. The number of furan rings is 1. The molecule has 0 spiro atoms. The van der Waals surface area contributed by atoms with Crippen molar-refractivity contribution < 1.29 is 4.42 Å². The van der Waals surface area contributed by atoms with Crippen LogP contribution in [0.15, 0.2) is 101 Å². The van der Waals surface area contributed by atoms with Gasteiger partial charge < -0.3 is 4.42 Å². The lowest BCUT2D eigenvalue weighted by molar-refractivity contribution is 0.669. The molecule has 0 fully saturated rings. The molecule has 33 heavy (non-hydrogen) atoms. The zero-order valence-electron chi connectivity index (χ0n) is 17.4. The molecule has 8 rings (SSSR count). The van der Waals surface area contributed by atoms with Gasteiger partial charge in [0, 0.05) is 21.5 Å². The van der Waals surface area contributed by atoms with E-state index in [9.17, 15) is 0 Å². The summed E-state index contributed by atoms with van der Waals surface area (Å²) in [5.41, 5.74) is 5.18. The van der Waals surface area contributed by atoms with Gasteiger partial charge in [0.25, 0.3) is 0 Å². The summed E-state index contributed by atoms with van der Waals surface area (Å²) >= 11 is 1.73. The van der Waals surface area contributed by atoms with E-state index in [1.807, 2.05) is 18.2 Å². The molecule has 0 aliphatic rings. The summed E-state index contributed by atoms with van der Waals surface area (Å²) in [5.74, 6) is 0. The van der Waals surface area contributed by atoms with Crippen molar-refractivity contribution in [2.75, 3.05) is 0 Å². The van der Waals surface area contributed by atoms with Gasteiger partial charge in [-0.15, -0.1) is 0 Å². The lowest BCUT2D eigenvalue weighted by Gasteiger charge is -2.04. The van der Waals surface area contributed by atoms with Crippen LogP contribution in [0.5, 0.6) is 0 Å². The molecular formula is C29H16N2OS. The number of para-hydroxylation sites is 2. The lowest BCUT2D eigenvalue weighted by Crippen LogP contribution is -1.92. The summed E-state index contributed by atoms with van der Waals surface area (Å²) in [6.07, 6.45) is 0. The first-order valence-electron chi connectivity index (χ1n) is 11.0. The van der Waals surface area contributed by atoms with Crippen molar-refractivity contribution in [2.24, 2.45) is 0 Å². The van der Waals surface area contributed by atoms with Crippen LogP contribution >= 0.6 is 11.3 Å². The SMILES string of the molecule is c1ccc2c(c1)ccc1c2c2ccccc2n1-c1nc2ccc3oc4ccccc4c3c2s1. The minimum atomic E-state index is 0.909. The quantitative estimate of drug-likeness (QED) is 0.256. The van der Waals surface area contributed by atoms with Crippen LogP contribution in [0, 0.1) is 0 Å². The van der Waals surface area contributed by atoms with Crippen LogP contribution in [0.3, 0.4) is 0 Å². The van der Waals surface area contributed by atoms with Crippen LogP contribution in [-0.2, 0) is 0 Å². The first kappa shape index (κ1) is 17.4. The molecule has 3 heterocycles. The van der Waals surface area contributed by atoms with Crippen LogP contribution in [-0.4, -0.2) is 9.55 Å². The highest BCUT2D eigenvalue weighted by molar-refractivity contribution is 7.22. The second kappa shape index (κ2) is 6.21. The van der Waals surface area contributed by atoms with Crippen molar-refractivity contribution in [1.82, 2.24) is 9.55 Å². The summed E-state index contributed by atoms with van der Waals surface area (Å²) in [6.45, 7) is 0. The van der Waals surface area contributed by atoms with E-state index in [4.69, 9.17) is 9.40 Å². The number of benzene rings is 5. The monoisotopic (exact) mass is 440 g/mol. The predicted molar refractivity (Wildman–Crippen MR) is 139 cm³/mol. The summed E-state index contributed by atoms with van der Waals surface area (Å²) < 4.78 is 9.60. The van der Waals surface area contributed by atoms with Crippen molar-refractivity contribution in [3.8, 4) is 5.13 Å². The molecule has 4 heteroatoms. The molecule has 0 N–H and O–H groups in total. The van der Waals surface area contributed by atoms with Crippen molar-refractivity contribution >= 4 is 76.1 Å². The topological polar surface area (TPSA) is 31.0 Å². The third-order valence-electron chi connectivity index (χ3n) is 6.64. The molecule has 0 amide bonds. The molecule has 3 aromatic heterocycles. The fraction of sp³-hybridized carbons (Fsp3) is 0. The van der Waals surface area contributed by atoms with Gasteiger partial charge >= 0.3 is 0 Å². The average Bonchev–Trinajstić information content (AvgIpc) is 3.54. The highest BCUT2D eigenvalue weighted by Gasteiger charge is 2.19. The normalized spacial score (nSPS) is 12.2. The van der Waals surface area contributed by atoms with Gasteiger partial charge in [-0.25, -0.2) is 4.98 Å². The molecule has 3 nitrogen and oxygen atoms in total. The number of nitrogens with zero attached hydrogens (tertiary/aromatic N) is 2. The molecule has 0 saturated carbocycles. The van der Waals surface area contributed by atoms with Crippen molar-refractivity contribution in [1.29, 1.82) is 0 Å². The number of hydrogen-bond acceptors (Lipinski definition) is 3.